The van der Waals surface area contributed by atoms with Gasteiger partial charge in [-0.2, -0.15) is 0 Å². The maximum absolute atomic E-state index is 6.42. The van der Waals surface area contributed by atoms with Crippen LogP contribution in [0.4, 0.5) is 0 Å². The van der Waals surface area contributed by atoms with Gasteiger partial charge in [0.2, 0.25) is 0 Å². The summed E-state index contributed by atoms with van der Waals surface area (Å²) in [5, 5.41) is 0.730. The summed E-state index contributed by atoms with van der Waals surface area (Å²) >= 11 is 6.08. The molecular formula is C20H30ClN3O. The Labute approximate surface area is 156 Å². The molecular weight excluding hydrogens is 334 g/mol. The lowest BCUT2D eigenvalue weighted by Gasteiger charge is -2.31. The minimum atomic E-state index is -0.589. The van der Waals surface area contributed by atoms with Crippen molar-refractivity contribution < 1.29 is 4.74 Å². The van der Waals surface area contributed by atoms with E-state index in [0.717, 1.165) is 48.8 Å². The first-order valence-corrected chi connectivity index (χ1v) is 9.41. The summed E-state index contributed by atoms with van der Waals surface area (Å²) in [5.74, 6) is 0.952. The van der Waals surface area contributed by atoms with Gasteiger partial charge in [-0.1, -0.05) is 37.1 Å². The smallest absolute Gasteiger partial charge is 0.148 e. The van der Waals surface area contributed by atoms with E-state index in [1.165, 1.54) is 0 Å². The molecule has 0 bridgehead atoms. The van der Waals surface area contributed by atoms with Gasteiger partial charge in [-0.15, -0.1) is 0 Å². The first kappa shape index (κ1) is 20.0. The SMILES string of the molecule is CCCCn1ccnc1C(C)(OCCCN(C)C)c1ccc(Cl)cc1. The Morgan fingerprint density at radius 2 is 1.92 bits per heavy atom. The van der Waals surface area contributed by atoms with Crippen LogP contribution in [0.1, 0.15) is 44.5 Å². The summed E-state index contributed by atoms with van der Waals surface area (Å²) in [6.07, 6.45) is 7.16. The monoisotopic (exact) mass is 363 g/mol. The Kier molecular flexibility index (Phi) is 7.48. The first-order chi connectivity index (χ1) is 12.0. The number of aryl methyl sites for hydroxylation is 1. The highest BCUT2D eigenvalue weighted by atomic mass is 35.5. The topological polar surface area (TPSA) is 30.3 Å². The predicted octanol–water partition coefficient (Wildman–Crippen LogP) is 4.57. The molecule has 0 saturated carbocycles. The first-order valence-electron chi connectivity index (χ1n) is 9.03. The van der Waals surface area contributed by atoms with Crippen LogP contribution in [-0.2, 0) is 16.9 Å². The summed E-state index contributed by atoms with van der Waals surface area (Å²) in [4.78, 5) is 6.82. The zero-order valence-electron chi connectivity index (χ0n) is 15.8. The van der Waals surface area contributed by atoms with E-state index < -0.39 is 5.60 Å². The van der Waals surface area contributed by atoms with Crippen LogP contribution >= 0.6 is 11.6 Å². The normalized spacial score (nSPS) is 14.0. The van der Waals surface area contributed by atoms with Gasteiger partial charge in [0.1, 0.15) is 11.4 Å². The van der Waals surface area contributed by atoms with Crippen LogP contribution in [0, 0.1) is 0 Å². The molecule has 0 aliphatic rings. The molecule has 2 aromatic rings. The second-order valence-corrected chi connectivity index (χ2v) is 7.28. The molecule has 5 heteroatoms. The lowest BCUT2D eigenvalue weighted by molar-refractivity contribution is -0.0158. The molecule has 1 aromatic carbocycles. The Bertz CT molecular complexity index is 639. The summed E-state index contributed by atoms with van der Waals surface area (Å²) in [6, 6.07) is 7.90. The molecule has 0 fully saturated rings. The largest absolute Gasteiger partial charge is 0.363 e. The third-order valence-corrected chi connectivity index (χ3v) is 4.68. The predicted molar refractivity (Wildman–Crippen MR) is 104 cm³/mol. The molecule has 138 valence electrons. The van der Waals surface area contributed by atoms with Crippen LogP contribution in [0.2, 0.25) is 5.02 Å². The second kappa shape index (κ2) is 9.37. The lowest BCUT2D eigenvalue weighted by Crippen LogP contribution is -2.32. The minimum Gasteiger partial charge on any atom is -0.363 e. The highest BCUT2D eigenvalue weighted by Gasteiger charge is 2.34. The third kappa shape index (κ3) is 5.30. The molecule has 2 rings (SSSR count). The van der Waals surface area contributed by atoms with Crippen LogP contribution in [0.5, 0.6) is 0 Å². The number of nitrogens with zero attached hydrogens (tertiary/aromatic N) is 3. The maximum atomic E-state index is 6.42. The molecule has 0 radical (unpaired) electrons. The Balaban J connectivity index is 2.28. The summed E-state index contributed by atoms with van der Waals surface area (Å²) < 4.78 is 8.63. The Hall–Kier alpha value is -1.36. The zero-order valence-corrected chi connectivity index (χ0v) is 16.6. The number of imidazole rings is 1. The molecule has 4 nitrogen and oxygen atoms in total. The number of halogens is 1. The van der Waals surface area contributed by atoms with Crippen molar-refractivity contribution in [1.29, 1.82) is 0 Å². The fourth-order valence-electron chi connectivity index (χ4n) is 2.94. The standard InChI is InChI=1S/C20H30ClN3O/c1-5-6-14-24-15-12-22-19(24)20(2,25-16-7-13-23(3)4)17-8-10-18(21)11-9-17/h8-12,15H,5-7,13-14,16H2,1-4H3. The number of unbranched alkanes of at least 4 members (excludes halogenated alkanes) is 1. The molecule has 25 heavy (non-hydrogen) atoms. The number of hydrogen-bond acceptors (Lipinski definition) is 3. The van der Waals surface area contributed by atoms with E-state index in [1.54, 1.807) is 0 Å². The number of rotatable bonds is 10. The van der Waals surface area contributed by atoms with Gasteiger partial charge in [-0.3, -0.25) is 0 Å². The zero-order chi connectivity index (χ0) is 18.3. The highest BCUT2D eigenvalue weighted by molar-refractivity contribution is 6.30. The molecule has 0 amide bonds. The van der Waals surface area contributed by atoms with Crippen LogP contribution < -0.4 is 0 Å². The van der Waals surface area contributed by atoms with E-state index in [1.807, 2.05) is 36.7 Å². The lowest BCUT2D eigenvalue weighted by atomic mass is 9.94. The number of ether oxygens (including phenoxy) is 1. The van der Waals surface area contributed by atoms with Gasteiger partial charge < -0.3 is 14.2 Å². The molecule has 0 spiro atoms. The third-order valence-electron chi connectivity index (χ3n) is 4.43. The molecule has 0 aliphatic carbocycles. The van der Waals surface area contributed by atoms with E-state index in [-0.39, 0.29) is 0 Å². The second-order valence-electron chi connectivity index (χ2n) is 6.84. The summed E-state index contributed by atoms with van der Waals surface area (Å²) in [7, 11) is 4.16. The van der Waals surface area contributed by atoms with Crippen LogP contribution in [0.15, 0.2) is 36.7 Å². The van der Waals surface area contributed by atoms with E-state index in [9.17, 15) is 0 Å². The van der Waals surface area contributed by atoms with Gasteiger partial charge in [0.05, 0.1) is 0 Å². The quantitative estimate of drug-likeness (QED) is 0.579. The van der Waals surface area contributed by atoms with Crippen molar-refractivity contribution in [3.8, 4) is 0 Å². The van der Waals surface area contributed by atoms with Crippen molar-refractivity contribution >= 4 is 11.6 Å². The van der Waals surface area contributed by atoms with Crippen molar-refractivity contribution in [2.24, 2.45) is 0 Å². The Morgan fingerprint density at radius 1 is 1.20 bits per heavy atom. The van der Waals surface area contributed by atoms with Gasteiger partial charge in [-0.25, -0.2) is 4.98 Å². The number of hydrogen-bond donors (Lipinski definition) is 0. The van der Waals surface area contributed by atoms with Crippen LogP contribution in [0.25, 0.3) is 0 Å². The molecule has 1 unspecified atom stereocenters. The van der Waals surface area contributed by atoms with Gasteiger partial charge in [0, 0.05) is 30.6 Å². The number of benzene rings is 1. The fourth-order valence-corrected chi connectivity index (χ4v) is 3.06. The van der Waals surface area contributed by atoms with Gasteiger partial charge in [0.25, 0.3) is 0 Å². The van der Waals surface area contributed by atoms with Crippen molar-refractivity contribution in [2.45, 2.75) is 45.3 Å². The van der Waals surface area contributed by atoms with E-state index in [4.69, 9.17) is 16.3 Å². The van der Waals surface area contributed by atoms with Crippen LogP contribution in [-0.4, -0.2) is 41.7 Å². The minimum absolute atomic E-state index is 0.589. The van der Waals surface area contributed by atoms with Gasteiger partial charge >= 0.3 is 0 Å². The van der Waals surface area contributed by atoms with E-state index >= 15 is 0 Å². The van der Waals surface area contributed by atoms with Crippen molar-refractivity contribution in [3.63, 3.8) is 0 Å². The molecule has 1 atom stereocenters. The summed E-state index contributed by atoms with van der Waals surface area (Å²) in [6.45, 7) is 6.94. The number of aromatic nitrogens is 2. The molecule has 0 aliphatic heterocycles. The molecule has 0 saturated heterocycles. The highest BCUT2D eigenvalue weighted by Crippen LogP contribution is 2.33. The average molecular weight is 364 g/mol. The Morgan fingerprint density at radius 3 is 2.56 bits per heavy atom. The van der Waals surface area contributed by atoms with Crippen molar-refractivity contribution in [3.05, 3.63) is 53.1 Å². The fraction of sp³-hybridized carbons (Fsp3) is 0.550. The van der Waals surface area contributed by atoms with Crippen molar-refractivity contribution in [2.75, 3.05) is 27.2 Å². The van der Waals surface area contributed by atoms with Crippen LogP contribution in [0.3, 0.4) is 0 Å². The average Bonchev–Trinajstić information content (AvgIpc) is 3.06. The van der Waals surface area contributed by atoms with Gasteiger partial charge in [-0.05, 0) is 58.1 Å². The summed E-state index contributed by atoms with van der Waals surface area (Å²) in [5.41, 5.74) is 0.486. The van der Waals surface area contributed by atoms with E-state index in [0.29, 0.717) is 6.61 Å². The maximum Gasteiger partial charge on any atom is 0.148 e. The van der Waals surface area contributed by atoms with E-state index in [2.05, 4.69) is 42.4 Å². The van der Waals surface area contributed by atoms with Crippen molar-refractivity contribution in [1.82, 2.24) is 14.5 Å². The molecule has 0 N–H and O–H groups in total. The molecule has 1 aromatic heterocycles. The van der Waals surface area contributed by atoms with Gasteiger partial charge in [0.15, 0.2) is 0 Å². The molecule has 1 heterocycles.